The highest BCUT2D eigenvalue weighted by atomic mass is 16.6. The fourth-order valence-electron chi connectivity index (χ4n) is 4.53. The van der Waals surface area contributed by atoms with Gasteiger partial charge in [0.2, 0.25) is 11.8 Å². The van der Waals surface area contributed by atoms with Crippen molar-refractivity contribution < 1.29 is 14.2 Å². The van der Waals surface area contributed by atoms with Crippen LogP contribution < -0.4 is 0 Å². The van der Waals surface area contributed by atoms with Gasteiger partial charge in [-0.3, -0.25) is 9.59 Å². The topological polar surface area (TPSA) is 79.5 Å². The fourth-order valence-corrected chi connectivity index (χ4v) is 4.53. The Morgan fingerprint density at radius 1 is 1.17 bits per heavy atom. The van der Waals surface area contributed by atoms with E-state index in [1.165, 1.54) is 5.56 Å². The molecule has 0 bridgehead atoms. The first-order valence-corrected chi connectivity index (χ1v) is 10.4. The first-order chi connectivity index (χ1) is 14.0. The van der Waals surface area contributed by atoms with Gasteiger partial charge in [-0.2, -0.15) is 0 Å². The van der Waals surface area contributed by atoms with Crippen LogP contribution in [0.25, 0.3) is 0 Å². The molecule has 0 radical (unpaired) electrons. The van der Waals surface area contributed by atoms with Crippen molar-refractivity contribution in [1.82, 2.24) is 20.1 Å². The smallest absolute Gasteiger partial charge is 0.228 e. The number of aromatic nitrogens is 2. The second-order valence-corrected chi connectivity index (χ2v) is 8.44. The number of benzene rings is 1. The zero-order valence-corrected chi connectivity index (χ0v) is 17.0. The summed E-state index contributed by atoms with van der Waals surface area (Å²) < 4.78 is 4.68. The molecule has 2 aromatic rings. The average Bonchev–Trinajstić information content (AvgIpc) is 3.26. The minimum atomic E-state index is 0.0337. The molecule has 29 heavy (non-hydrogen) atoms. The Balaban J connectivity index is 1.25. The first kappa shape index (κ1) is 19.6. The Hall–Kier alpha value is -2.70. The van der Waals surface area contributed by atoms with Crippen molar-refractivity contribution in [2.45, 2.75) is 45.4 Å². The average molecular weight is 396 g/mol. The summed E-state index contributed by atoms with van der Waals surface area (Å²) in [4.78, 5) is 29.1. The molecule has 0 atom stereocenters. The van der Waals surface area contributed by atoms with E-state index >= 15 is 0 Å². The van der Waals surface area contributed by atoms with Crippen LogP contribution in [0.2, 0.25) is 0 Å². The van der Waals surface area contributed by atoms with Crippen molar-refractivity contribution in [3.63, 3.8) is 0 Å². The van der Waals surface area contributed by atoms with E-state index < -0.39 is 0 Å². The van der Waals surface area contributed by atoms with E-state index in [0.29, 0.717) is 30.9 Å². The number of hydrogen-bond donors (Lipinski definition) is 0. The van der Waals surface area contributed by atoms with Crippen LogP contribution in [0.1, 0.15) is 42.6 Å². The largest absolute Gasteiger partial charge is 0.342 e. The van der Waals surface area contributed by atoms with Gasteiger partial charge in [-0.25, -0.2) is 4.63 Å². The predicted octanol–water partition coefficient (Wildman–Crippen LogP) is 2.39. The van der Waals surface area contributed by atoms with E-state index in [1.807, 2.05) is 15.9 Å². The molecular formula is C22H28N4O3. The van der Waals surface area contributed by atoms with Crippen LogP contribution in [0.3, 0.4) is 0 Å². The zero-order chi connectivity index (χ0) is 20.3. The predicted molar refractivity (Wildman–Crippen MR) is 107 cm³/mol. The van der Waals surface area contributed by atoms with E-state index in [0.717, 1.165) is 38.8 Å². The highest BCUT2D eigenvalue weighted by molar-refractivity contribution is 5.80. The van der Waals surface area contributed by atoms with Gasteiger partial charge in [-0.1, -0.05) is 40.6 Å². The number of hydrogen-bond acceptors (Lipinski definition) is 5. The Morgan fingerprint density at radius 3 is 2.62 bits per heavy atom. The molecule has 2 saturated heterocycles. The van der Waals surface area contributed by atoms with Gasteiger partial charge in [0.1, 0.15) is 11.4 Å². The summed E-state index contributed by atoms with van der Waals surface area (Å²) in [6.07, 6.45) is 4.60. The van der Waals surface area contributed by atoms with Gasteiger partial charge in [-0.05, 0) is 38.2 Å². The second kappa shape index (κ2) is 8.35. The normalized spacial score (nSPS) is 18.6. The number of piperidine rings is 1. The molecule has 0 unspecified atom stereocenters. The Labute approximate surface area is 171 Å². The second-order valence-electron chi connectivity index (χ2n) is 8.44. The maximum absolute atomic E-state index is 12.6. The number of amides is 2. The molecule has 2 aliphatic rings. The summed E-state index contributed by atoms with van der Waals surface area (Å²) in [5.74, 6) is 0.324. The zero-order valence-electron chi connectivity index (χ0n) is 17.0. The number of nitrogens with zero attached hydrogens (tertiary/aromatic N) is 4. The van der Waals surface area contributed by atoms with Gasteiger partial charge in [0.15, 0.2) is 0 Å². The molecular weight excluding hydrogens is 368 g/mol. The third kappa shape index (κ3) is 4.49. The van der Waals surface area contributed by atoms with Gasteiger partial charge in [0.05, 0.1) is 6.42 Å². The monoisotopic (exact) mass is 396 g/mol. The van der Waals surface area contributed by atoms with Gasteiger partial charge < -0.3 is 9.80 Å². The van der Waals surface area contributed by atoms with Gasteiger partial charge in [-0.15, -0.1) is 0 Å². The number of carbonyl (C=O) groups is 2. The Bertz CT molecular complexity index is 856. The highest BCUT2D eigenvalue weighted by Crippen LogP contribution is 2.41. The minimum Gasteiger partial charge on any atom is -0.342 e. The summed E-state index contributed by atoms with van der Waals surface area (Å²) in [5, 5.41) is 7.54. The Kier molecular flexibility index (Phi) is 5.65. The number of likely N-dealkylation sites (tertiary alicyclic amines) is 2. The highest BCUT2D eigenvalue weighted by Gasteiger charge is 2.45. The van der Waals surface area contributed by atoms with Crippen molar-refractivity contribution in [1.29, 1.82) is 0 Å². The molecule has 7 nitrogen and oxygen atoms in total. The standard InChI is InChI=1S/C22H28N4O3/c1-17-19(24-29-23-17)14-20(27)25-12-9-22(10-13-25)15-21(28)26(16-22)11-5-8-18-6-3-2-4-7-18/h2-4,6-7H,5,8-16H2,1H3. The van der Waals surface area contributed by atoms with Crippen molar-refractivity contribution in [2.24, 2.45) is 5.41 Å². The van der Waals surface area contributed by atoms with Crippen molar-refractivity contribution >= 4 is 11.8 Å². The van der Waals surface area contributed by atoms with Crippen LogP contribution in [0, 0.1) is 12.3 Å². The minimum absolute atomic E-state index is 0.0337. The third-order valence-electron chi connectivity index (χ3n) is 6.38. The van der Waals surface area contributed by atoms with E-state index in [2.05, 4.69) is 39.2 Å². The SMILES string of the molecule is Cc1nonc1CC(=O)N1CCC2(CC1)CC(=O)N(CCCc1ccccc1)C2. The lowest BCUT2D eigenvalue weighted by molar-refractivity contribution is -0.132. The lowest BCUT2D eigenvalue weighted by Gasteiger charge is -2.38. The molecule has 0 N–H and O–H groups in total. The van der Waals surface area contributed by atoms with Crippen LogP contribution in [0.15, 0.2) is 35.0 Å². The van der Waals surface area contributed by atoms with E-state index in [4.69, 9.17) is 0 Å². The molecule has 1 aromatic carbocycles. The van der Waals surface area contributed by atoms with Crippen molar-refractivity contribution in [3.8, 4) is 0 Å². The first-order valence-electron chi connectivity index (χ1n) is 10.4. The molecule has 1 aromatic heterocycles. The lowest BCUT2D eigenvalue weighted by atomic mass is 9.77. The summed E-state index contributed by atoms with van der Waals surface area (Å²) in [6, 6.07) is 10.4. The van der Waals surface area contributed by atoms with Crippen LogP contribution in [0.4, 0.5) is 0 Å². The van der Waals surface area contributed by atoms with Crippen LogP contribution in [0.5, 0.6) is 0 Å². The summed E-state index contributed by atoms with van der Waals surface area (Å²) in [7, 11) is 0. The van der Waals surface area contributed by atoms with E-state index in [-0.39, 0.29) is 23.7 Å². The van der Waals surface area contributed by atoms with Crippen molar-refractivity contribution in [2.75, 3.05) is 26.2 Å². The molecule has 4 rings (SSSR count). The van der Waals surface area contributed by atoms with Gasteiger partial charge >= 0.3 is 0 Å². The molecule has 1 spiro atoms. The van der Waals surface area contributed by atoms with Gasteiger partial charge in [0.25, 0.3) is 0 Å². The molecule has 7 heteroatoms. The number of rotatable bonds is 6. The van der Waals surface area contributed by atoms with E-state index in [1.54, 1.807) is 6.92 Å². The Morgan fingerprint density at radius 2 is 1.93 bits per heavy atom. The fraction of sp³-hybridized carbons (Fsp3) is 0.545. The molecule has 154 valence electrons. The van der Waals surface area contributed by atoms with Crippen molar-refractivity contribution in [3.05, 3.63) is 47.3 Å². The molecule has 3 heterocycles. The van der Waals surface area contributed by atoms with E-state index in [9.17, 15) is 9.59 Å². The quantitative estimate of drug-likeness (QED) is 0.749. The summed E-state index contributed by atoms with van der Waals surface area (Å²) >= 11 is 0. The lowest BCUT2D eigenvalue weighted by Crippen LogP contribution is -2.45. The summed E-state index contributed by atoms with van der Waals surface area (Å²) in [5.41, 5.74) is 2.62. The van der Waals surface area contributed by atoms with Crippen LogP contribution in [-0.2, 0) is 22.4 Å². The molecule has 2 amide bonds. The maximum atomic E-state index is 12.6. The molecule has 2 fully saturated rings. The summed E-state index contributed by atoms with van der Waals surface area (Å²) in [6.45, 7) is 4.84. The van der Waals surface area contributed by atoms with Gasteiger partial charge in [0, 0.05) is 38.0 Å². The number of aryl methyl sites for hydroxylation is 2. The van der Waals surface area contributed by atoms with Crippen LogP contribution >= 0.6 is 0 Å². The maximum Gasteiger partial charge on any atom is 0.228 e. The third-order valence-corrected chi connectivity index (χ3v) is 6.38. The molecule has 0 aliphatic carbocycles. The number of carbonyl (C=O) groups excluding carboxylic acids is 2. The van der Waals surface area contributed by atoms with Crippen LogP contribution in [-0.4, -0.2) is 58.1 Å². The molecule has 2 aliphatic heterocycles. The molecule has 0 saturated carbocycles.